The van der Waals surface area contributed by atoms with Crippen molar-refractivity contribution in [2.75, 3.05) is 10.6 Å². The van der Waals surface area contributed by atoms with Crippen LogP contribution in [0.2, 0.25) is 0 Å². The monoisotopic (exact) mass is 353 g/mol. The molecule has 4 nitrogen and oxygen atoms in total. The third-order valence-corrected chi connectivity index (χ3v) is 3.75. The van der Waals surface area contributed by atoms with E-state index >= 15 is 0 Å². The molecule has 26 heavy (non-hydrogen) atoms. The van der Waals surface area contributed by atoms with Gasteiger partial charge in [0.2, 0.25) is 5.91 Å². The smallest absolute Gasteiger partial charge is 0.228 e. The summed E-state index contributed by atoms with van der Waals surface area (Å²) in [4.78, 5) is 16.1. The lowest BCUT2D eigenvalue weighted by Gasteiger charge is -2.09. The Balaban J connectivity index is 1.62. The van der Waals surface area contributed by atoms with E-state index in [0.717, 1.165) is 23.3 Å². The van der Waals surface area contributed by atoms with Gasteiger partial charge in [0.1, 0.15) is 23.1 Å². The highest BCUT2D eigenvalue weighted by Crippen LogP contribution is 2.22. The van der Waals surface area contributed by atoms with Gasteiger partial charge in [-0.25, -0.2) is 13.8 Å². The summed E-state index contributed by atoms with van der Waals surface area (Å²) in [6.45, 7) is 1.98. The zero-order valence-electron chi connectivity index (χ0n) is 14.1. The average Bonchev–Trinajstić information content (AvgIpc) is 2.62. The van der Waals surface area contributed by atoms with Crippen molar-refractivity contribution in [2.45, 2.75) is 13.3 Å². The molecule has 6 heteroatoms. The molecule has 3 aromatic rings. The molecule has 132 valence electrons. The standard InChI is InChI=1S/C20H17F2N3O/c1-13-5-7-14(8-6-13)11-19(26)24-15-9-10-18(23-12-15)25-20-16(21)3-2-4-17(20)22/h2-10,12H,11H2,1H3,(H,23,25)(H,24,26). The van der Waals surface area contributed by atoms with Crippen LogP contribution in [-0.4, -0.2) is 10.9 Å². The molecule has 0 aliphatic rings. The number of anilines is 3. The Hall–Kier alpha value is -3.28. The number of pyridine rings is 1. The van der Waals surface area contributed by atoms with Crippen LogP contribution in [0.4, 0.5) is 26.0 Å². The molecule has 2 N–H and O–H groups in total. The summed E-state index contributed by atoms with van der Waals surface area (Å²) in [7, 11) is 0. The number of carbonyl (C=O) groups excluding carboxylic acids is 1. The highest BCUT2D eigenvalue weighted by Gasteiger charge is 2.09. The number of amides is 1. The summed E-state index contributed by atoms with van der Waals surface area (Å²) in [6.07, 6.45) is 1.68. The van der Waals surface area contributed by atoms with E-state index in [9.17, 15) is 13.6 Å². The van der Waals surface area contributed by atoms with E-state index in [1.165, 1.54) is 18.3 Å². The van der Waals surface area contributed by atoms with Crippen LogP contribution < -0.4 is 10.6 Å². The molecule has 3 rings (SSSR count). The van der Waals surface area contributed by atoms with Crippen LogP contribution >= 0.6 is 0 Å². The number of hydrogen-bond acceptors (Lipinski definition) is 3. The van der Waals surface area contributed by atoms with E-state index in [4.69, 9.17) is 0 Å². The molecule has 2 aromatic carbocycles. The minimum absolute atomic E-state index is 0.170. The van der Waals surface area contributed by atoms with Gasteiger partial charge in [0.25, 0.3) is 0 Å². The maximum absolute atomic E-state index is 13.6. The third-order valence-electron chi connectivity index (χ3n) is 3.75. The van der Waals surface area contributed by atoms with Crippen molar-refractivity contribution in [3.63, 3.8) is 0 Å². The van der Waals surface area contributed by atoms with Crippen molar-refractivity contribution in [3.8, 4) is 0 Å². The molecule has 0 saturated carbocycles. The molecule has 0 saturated heterocycles. The summed E-state index contributed by atoms with van der Waals surface area (Å²) < 4.78 is 27.3. The Labute approximate surface area is 149 Å². The maximum Gasteiger partial charge on any atom is 0.228 e. The minimum Gasteiger partial charge on any atom is -0.335 e. The largest absolute Gasteiger partial charge is 0.335 e. The number of para-hydroxylation sites is 1. The van der Waals surface area contributed by atoms with Crippen molar-refractivity contribution in [3.05, 3.63) is 83.6 Å². The van der Waals surface area contributed by atoms with E-state index < -0.39 is 11.6 Å². The minimum atomic E-state index is -0.706. The Morgan fingerprint density at radius 2 is 1.69 bits per heavy atom. The summed E-state index contributed by atoms with van der Waals surface area (Å²) >= 11 is 0. The predicted molar refractivity (Wildman–Crippen MR) is 97.4 cm³/mol. The number of nitrogens with zero attached hydrogens (tertiary/aromatic N) is 1. The molecule has 0 aliphatic heterocycles. The van der Waals surface area contributed by atoms with Gasteiger partial charge in [-0.05, 0) is 36.8 Å². The zero-order chi connectivity index (χ0) is 18.5. The fraction of sp³-hybridized carbons (Fsp3) is 0.100. The first-order valence-electron chi connectivity index (χ1n) is 8.04. The van der Waals surface area contributed by atoms with Gasteiger partial charge in [0.15, 0.2) is 0 Å². The zero-order valence-corrected chi connectivity index (χ0v) is 14.1. The number of aryl methyl sites for hydroxylation is 1. The molecular formula is C20H17F2N3O. The van der Waals surface area contributed by atoms with Gasteiger partial charge in [-0.15, -0.1) is 0 Å². The van der Waals surface area contributed by atoms with Crippen molar-refractivity contribution >= 4 is 23.1 Å². The van der Waals surface area contributed by atoms with E-state index in [-0.39, 0.29) is 23.8 Å². The number of benzene rings is 2. The van der Waals surface area contributed by atoms with Crippen LogP contribution in [0.5, 0.6) is 0 Å². The average molecular weight is 353 g/mol. The Bertz CT molecular complexity index is 889. The first-order chi connectivity index (χ1) is 12.5. The number of carbonyl (C=O) groups is 1. The van der Waals surface area contributed by atoms with Gasteiger partial charge >= 0.3 is 0 Å². The molecule has 1 heterocycles. The second-order valence-corrected chi connectivity index (χ2v) is 5.86. The van der Waals surface area contributed by atoms with Crippen LogP contribution in [0.3, 0.4) is 0 Å². The lowest BCUT2D eigenvalue weighted by molar-refractivity contribution is -0.115. The molecule has 0 aliphatic carbocycles. The number of halogens is 2. The normalized spacial score (nSPS) is 10.4. The highest BCUT2D eigenvalue weighted by atomic mass is 19.1. The Morgan fingerprint density at radius 3 is 2.31 bits per heavy atom. The first kappa shape index (κ1) is 17.5. The van der Waals surface area contributed by atoms with Crippen molar-refractivity contribution in [1.29, 1.82) is 0 Å². The van der Waals surface area contributed by atoms with E-state index in [0.29, 0.717) is 5.69 Å². The third kappa shape index (κ3) is 4.42. The maximum atomic E-state index is 13.6. The lowest BCUT2D eigenvalue weighted by atomic mass is 10.1. The van der Waals surface area contributed by atoms with Crippen LogP contribution in [0.1, 0.15) is 11.1 Å². The van der Waals surface area contributed by atoms with Gasteiger partial charge in [-0.3, -0.25) is 4.79 Å². The van der Waals surface area contributed by atoms with Crippen LogP contribution in [0.15, 0.2) is 60.8 Å². The SMILES string of the molecule is Cc1ccc(CC(=O)Nc2ccc(Nc3c(F)cccc3F)nc2)cc1. The molecule has 0 atom stereocenters. The number of aromatic nitrogens is 1. The van der Waals surface area contributed by atoms with Crippen LogP contribution in [0.25, 0.3) is 0 Å². The predicted octanol–water partition coefficient (Wildman–Crippen LogP) is 4.59. The molecule has 0 spiro atoms. The number of nitrogens with one attached hydrogen (secondary N) is 2. The molecule has 1 aromatic heterocycles. The first-order valence-corrected chi connectivity index (χ1v) is 8.04. The summed E-state index contributed by atoms with van der Waals surface area (Å²) in [5, 5.41) is 5.33. The Morgan fingerprint density at radius 1 is 1.00 bits per heavy atom. The van der Waals surface area contributed by atoms with Crippen molar-refractivity contribution in [1.82, 2.24) is 4.98 Å². The van der Waals surface area contributed by atoms with E-state index in [1.54, 1.807) is 6.07 Å². The summed E-state index contributed by atoms with van der Waals surface area (Å²) in [6, 6.07) is 14.5. The second-order valence-electron chi connectivity index (χ2n) is 5.86. The molecule has 0 unspecified atom stereocenters. The van der Waals surface area contributed by atoms with Gasteiger partial charge in [-0.2, -0.15) is 0 Å². The summed E-state index contributed by atoms with van der Waals surface area (Å²) in [5.41, 5.74) is 2.28. The van der Waals surface area contributed by atoms with Gasteiger partial charge < -0.3 is 10.6 Å². The fourth-order valence-electron chi connectivity index (χ4n) is 2.38. The van der Waals surface area contributed by atoms with Crippen molar-refractivity contribution in [2.24, 2.45) is 0 Å². The molecule has 0 fully saturated rings. The topological polar surface area (TPSA) is 54.0 Å². The van der Waals surface area contributed by atoms with Crippen molar-refractivity contribution < 1.29 is 13.6 Å². The lowest BCUT2D eigenvalue weighted by Crippen LogP contribution is -2.14. The van der Waals surface area contributed by atoms with Gasteiger partial charge in [0, 0.05) is 0 Å². The number of hydrogen-bond donors (Lipinski definition) is 2. The van der Waals surface area contributed by atoms with Gasteiger partial charge in [0.05, 0.1) is 18.3 Å². The van der Waals surface area contributed by atoms with Crippen LogP contribution in [-0.2, 0) is 11.2 Å². The number of rotatable bonds is 5. The fourth-order valence-corrected chi connectivity index (χ4v) is 2.38. The summed E-state index contributed by atoms with van der Waals surface area (Å²) in [5.74, 6) is -1.31. The second kappa shape index (κ2) is 7.74. The molecular weight excluding hydrogens is 336 g/mol. The molecule has 1 amide bonds. The highest BCUT2D eigenvalue weighted by molar-refractivity contribution is 5.92. The molecule has 0 bridgehead atoms. The van der Waals surface area contributed by atoms with E-state index in [2.05, 4.69) is 15.6 Å². The molecule has 0 radical (unpaired) electrons. The van der Waals surface area contributed by atoms with Gasteiger partial charge in [-0.1, -0.05) is 35.9 Å². The van der Waals surface area contributed by atoms with Crippen LogP contribution in [0, 0.1) is 18.6 Å². The quantitative estimate of drug-likeness (QED) is 0.705. The Kier molecular flexibility index (Phi) is 5.22. The van der Waals surface area contributed by atoms with E-state index in [1.807, 2.05) is 31.2 Å².